The summed E-state index contributed by atoms with van der Waals surface area (Å²) in [4.78, 5) is 0. The Hall–Kier alpha value is -3.52. The Bertz CT molecular complexity index is 2620. The van der Waals surface area contributed by atoms with Gasteiger partial charge in [-0.05, 0) is 0 Å². The van der Waals surface area contributed by atoms with Gasteiger partial charge < -0.3 is 0 Å². The van der Waals surface area contributed by atoms with Gasteiger partial charge in [0.15, 0.2) is 0 Å². The second-order valence-corrected chi connectivity index (χ2v) is 40.7. The summed E-state index contributed by atoms with van der Waals surface area (Å²) in [6.07, 6.45) is 15.6. The third-order valence-electron chi connectivity index (χ3n) is 14.9. The first kappa shape index (κ1) is 43.7. The van der Waals surface area contributed by atoms with Crippen molar-refractivity contribution in [2.75, 3.05) is 0 Å². The average molecular weight is 950 g/mol. The molecule has 2 unspecified atom stereocenters. The fourth-order valence-electron chi connectivity index (χ4n) is 12.0. The molecule has 6 aromatic carbocycles. The molecule has 0 nitrogen and oxygen atoms in total. The molecule has 0 fully saturated rings. The van der Waals surface area contributed by atoms with Gasteiger partial charge in [0.2, 0.25) is 0 Å². The van der Waals surface area contributed by atoms with Crippen molar-refractivity contribution in [3.05, 3.63) is 171 Å². The van der Waals surface area contributed by atoms with Gasteiger partial charge in [-0.25, -0.2) is 0 Å². The van der Waals surface area contributed by atoms with Gasteiger partial charge in [0, 0.05) is 0 Å². The van der Waals surface area contributed by atoms with E-state index < -0.39 is 25.9 Å². The quantitative estimate of drug-likeness (QED) is 0.0899. The van der Waals surface area contributed by atoms with Gasteiger partial charge in [0.25, 0.3) is 0 Å². The molecule has 0 amide bonds. The zero-order chi connectivity index (χ0) is 43.2. The molecule has 9 rings (SSSR count). The molecule has 317 valence electrons. The Kier molecular flexibility index (Phi) is 12.6. The van der Waals surface area contributed by atoms with E-state index in [9.17, 15) is 17.0 Å². The molecule has 1 aliphatic heterocycles. The molecule has 0 radical (unpaired) electrons. The van der Waals surface area contributed by atoms with E-state index in [2.05, 4.69) is 169 Å². The summed E-state index contributed by atoms with van der Waals surface area (Å²) in [5.74, 6) is 0. The van der Waals surface area contributed by atoms with Gasteiger partial charge in [-0.2, -0.15) is 0 Å². The SMILES string of the molecule is CCCCC1=Cc2c(ccc(CC)c2-c2ccccc2CC)[CH]1[Zr]([Cl])([Cl])([c]1cccc2c1[SiH2]c1ccccc1-2)[CH]1C(CCCC)=Cc2c1ccc(CC)c2-c1ccccc1CC. The van der Waals surface area contributed by atoms with Gasteiger partial charge in [-0.3, -0.25) is 0 Å². The molecular weight excluding hydrogens is 887 g/mol. The van der Waals surface area contributed by atoms with Crippen LogP contribution in [0, 0.1) is 0 Å². The fraction of sp³-hybridized carbons (Fsp3) is 0.310. The summed E-state index contributed by atoms with van der Waals surface area (Å²) < 4.78 is 1.20. The molecule has 0 bridgehead atoms. The molecule has 2 aliphatic carbocycles. The van der Waals surface area contributed by atoms with Crippen LogP contribution in [-0.2, 0) is 42.1 Å². The van der Waals surface area contributed by atoms with E-state index in [0.717, 1.165) is 64.2 Å². The van der Waals surface area contributed by atoms with Crippen molar-refractivity contribution in [1.29, 1.82) is 0 Å². The fourth-order valence-corrected chi connectivity index (χ4v) is 40.0. The van der Waals surface area contributed by atoms with Crippen molar-refractivity contribution in [2.45, 2.75) is 113 Å². The van der Waals surface area contributed by atoms with E-state index in [1.165, 1.54) is 103 Å². The first-order valence-electron chi connectivity index (χ1n) is 23.9. The number of benzene rings is 6. The number of unbranched alkanes of at least 4 members (excludes halogenated alkanes) is 2. The van der Waals surface area contributed by atoms with Crippen molar-refractivity contribution in [1.82, 2.24) is 0 Å². The van der Waals surface area contributed by atoms with Gasteiger partial charge in [-0.1, -0.05) is 0 Å². The molecule has 0 aromatic heterocycles. The van der Waals surface area contributed by atoms with Crippen molar-refractivity contribution in [3.63, 3.8) is 0 Å². The van der Waals surface area contributed by atoms with Crippen molar-refractivity contribution in [2.24, 2.45) is 0 Å². The molecule has 2 atom stereocenters. The topological polar surface area (TPSA) is 0 Å². The Morgan fingerprint density at radius 2 is 0.919 bits per heavy atom. The molecule has 0 spiro atoms. The number of halogens is 2. The maximum absolute atomic E-state index is 9.54. The van der Waals surface area contributed by atoms with E-state index in [1.54, 1.807) is 0 Å². The van der Waals surface area contributed by atoms with Crippen LogP contribution >= 0.6 is 17.0 Å². The van der Waals surface area contributed by atoms with Crippen LogP contribution in [0.4, 0.5) is 0 Å². The van der Waals surface area contributed by atoms with Gasteiger partial charge >= 0.3 is 386 Å². The monoisotopic (exact) mass is 947 g/mol. The predicted molar refractivity (Wildman–Crippen MR) is 273 cm³/mol. The van der Waals surface area contributed by atoms with E-state index in [-0.39, 0.29) is 7.25 Å². The minimum absolute atomic E-state index is 0.0674. The maximum atomic E-state index is 9.54. The van der Waals surface area contributed by atoms with Crippen LogP contribution in [0.3, 0.4) is 0 Å². The number of hydrogen-bond acceptors (Lipinski definition) is 0. The summed E-state index contributed by atoms with van der Waals surface area (Å²) in [6, 6.07) is 44.3. The van der Waals surface area contributed by atoms with Crippen LogP contribution in [0.2, 0.25) is 0 Å². The Morgan fingerprint density at radius 3 is 1.40 bits per heavy atom. The Morgan fingerprint density at radius 1 is 0.468 bits per heavy atom. The number of hydrogen-bond donors (Lipinski definition) is 0. The predicted octanol–water partition coefficient (Wildman–Crippen LogP) is 14.6. The minimum atomic E-state index is -5.69. The summed E-state index contributed by atoms with van der Waals surface area (Å²) in [7, 11) is 18.2. The zero-order valence-electron chi connectivity index (χ0n) is 37.8. The molecule has 6 aromatic rings. The van der Waals surface area contributed by atoms with Gasteiger partial charge in [0.1, 0.15) is 0 Å². The number of fused-ring (bicyclic) bond motifs is 5. The molecule has 62 heavy (non-hydrogen) atoms. The molecule has 0 saturated carbocycles. The number of aryl methyl sites for hydroxylation is 4. The van der Waals surface area contributed by atoms with Crippen LogP contribution in [-0.4, -0.2) is 9.52 Å². The van der Waals surface area contributed by atoms with E-state index in [1.807, 2.05) is 0 Å². The first-order chi connectivity index (χ1) is 30.2. The molecule has 0 N–H and O–H groups in total. The van der Waals surface area contributed by atoms with Gasteiger partial charge in [-0.15, -0.1) is 0 Å². The Labute approximate surface area is 383 Å². The summed E-state index contributed by atoms with van der Waals surface area (Å²) >= 11 is -5.69. The van der Waals surface area contributed by atoms with Crippen LogP contribution in [0.25, 0.3) is 45.5 Å². The summed E-state index contributed by atoms with van der Waals surface area (Å²) in [6.45, 7) is 13.9. The molecule has 1 heterocycles. The van der Waals surface area contributed by atoms with Crippen molar-refractivity contribution >= 4 is 52.3 Å². The second kappa shape index (κ2) is 17.8. The van der Waals surface area contributed by atoms with Crippen LogP contribution in [0.15, 0.2) is 126 Å². The normalized spacial score (nSPS) is 17.3. The Balaban J connectivity index is 1.40. The third-order valence-corrected chi connectivity index (χ3v) is 37.7. The number of rotatable bonds is 15. The molecule has 4 heteroatoms. The van der Waals surface area contributed by atoms with E-state index in [4.69, 9.17) is 0 Å². The van der Waals surface area contributed by atoms with Crippen LogP contribution in [0.1, 0.15) is 132 Å². The van der Waals surface area contributed by atoms with Crippen molar-refractivity contribution in [3.8, 4) is 33.4 Å². The average Bonchev–Trinajstić information content (AvgIpc) is 4.01. The molecular formula is C58H63Cl2SiZr. The number of allylic oxidation sites excluding steroid dienone is 2. The second-order valence-electron chi connectivity index (χ2n) is 18.3. The summed E-state index contributed by atoms with van der Waals surface area (Å²) in [5, 5.41) is 3.01. The molecule has 3 aliphatic rings. The van der Waals surface area contributed by atoms with Gasteiger partial charge in [0.05, 0.1) is 0 Å². The zero-order valence-corrected chi connectivity index (χ0v) is 43.2. The van der Waals surface area contributed by atoms with Crippen LogP contribution < -0.4 is 13.6 Å². The van der Waals surface area contributed by atoms with Crippen LogP contribution in [0.5, 0.6) is 0 Å². The standard InChI is InChI=1S/2C23H27.C12H9Si.2ClH.Zr/c2*1-4-7-10-17-15-20-14-13-19(6-3)23(22(20)16-17)21-12-9-8-11-18(21)5-2;1-3-7-11-9(5-1)10-6-2-4-8-12(10)13-11;;;/h2*8-9,11-16H,4-7,10H2,1-3H3;1-7H,13H2;2*1H;/q;;;;;+2/p-2. The first-order valence-corrected chi connectivity index (χ1v) is 35.7. The third kappa shape index (κ3) is 7.01. The summed E-state index contributed by atoms with van der Waals surface area (Å²) in [5.41, 5.74) is 22.3. The molecule has 0 saturated heterocycles. The van der Waals surface area contributed by atoms with Crippen molar-refractivity contribution < 1.29 is 16.4 Å². The van der Waals surface area contributed by atoms with E-state index >= 15 is 0 Å². The van der Waals surface area contributed by atoms with E-state index in [0.29, 0.717) is 0 Å².